The van der Waals surface area contributed by atoms with Crippen LogP contribution in [0.1, 0.15) is 16.8 Å². The van der Waals surface area contributed by atoms with Crippen molar-refractivity contribution < 1.29 is 13.9 Å². The Kier molecular flexibility index (Phi) is 5.31. The summed E-state index contributed by atoms with van der Waals surface area (Å²) in [6.07, 6.45) is 4.75. The Hall–Kier alpha value is -3.28. The van der Waals surface area contributed by atoms with E-state index in [0.717, 1.165) is 11.1 Å². The predicted octanol–water partition coefficient (Wildman–Crippen LogP) is 3.22. The van der Waals surface area contributed by atoms with Crippen molar-refractivity contribution in [3.63, 3.8) is 0 Å². The third kappa shape index (κ3) is 5.10. The summed E-state index contributed by atoms with van der Waals surface area (Å²) < 4.78 is 19.6. The van der Waals surface area contributed by atoms with Gasteiger partial charge in [-0.1, -0.05) is 47.7 Å². The van der Waals surface area contributed by atoms with Crippen molar-refractivity contribution >= 4 is 12.0 Å². The van der Waals surface area contributed by atoms with Crippen molar-refractivity contribution in [2.24, 2.45) is 0 Å². The fraction of sp³-hybridized carbons (Fsp3) is 0.105. The highest BCUT2D eigenvalue weighted by molar-refractivity contribution is 5.86. The lowest BCUT2D eigenvalue weighted by molar-refractivity contribution is -0.139. The number of ether oxygens (including phenoxy) is 1. The minimum atomic E-state index is -0.447. The van der Waals surface area contributed by atoms with Gasteiger partial charge in [0.05, 0.1) is 12.7 Å². The number of nitrogens with zero attached hydrogens (tertiary/aromatic N) is 3. The van der Waals surface area contributed by atoms with Crippen LogP contribution in [0.2, 0.25) is 0 Å². The highest BCUT2D eigenvalue weighted by atomic mass is 19.1. The molecule has 3 rings (SSSR count). The summed E-state index contributed by atoms with van der Waals surface area (Å²) in [5, 5.41) is 7.93. The fourth-order valence-electron chi connectivity index (χ4n) is 2.18. The Morgan fingerprint density at radius 3 is 2.64 bits per heavy atom. The van der Waals surface area contributed by atoms with E-state index in [1.165, 1.54) is 18.2 Å². The summed E-state index contributed by atoms with van der Waals surface area (Å²) in [5.41, 5.74) is 2.37. The molecular weight excluding hydrogens is 321 g/mol. The van der Waals surface area contributed by atoms with Gasteiger partial charge in [-0.05, 0) is 29.3 Å². The number of carbonyl (C=O) groups is 1. The fourth-order valence-corrected chi connectivity index (χ4v) is 2.18. The maximum Gasteiger partial charge on any atom is 0.331 e. The molecule has 0 aliphatic heterocycles. The number of hydrogen-bond acceptors (Lipinski definition) is 4. The van der Waals surface area contributed by atoms with Crippen LogP contribution in [0.15, 0.2) is 66.9 Å². The number of rotatable bonds is 6. The van der Waals surface area contributed by atoms with Crippen LogP contribution in [0.25, 0.3) is 6.08 Å². The molecule has 2 aromatic carbocycles. The zero-order valence-corrected chi connectivity index (χ0v) is 13.4. The summed E-state index contributed by atoms with van der Waals surface area (Å²) in [4.78, 5) is 11.7. The van der Waals surface area contributed by atoms with Crippen LogP contribution in [0.4, 0.5) is 4.39 Å². The second-order valence-corrected chi connectivity index (χ2v) is 5.39. The molecule has 6 heteroatoms. The Bertz CT molecular complexity index is 858. The average Bonchev–Trinajstić information content (AvgIpc) is 3.08. The molecular formula is C19H16FN3O2. The van der Waals surface area contributed by atoms with Gasteiger partial charge in [-0.25, -0.2) is 13.9 Å². The first-order valence-corrected chi connectivity index (χ1v) is 7.72. The lowest BCUT2D eigenvalue weighted by Gasteiger charge is -2.00. The van der Waals surface area contributed by atoms with E-state index in [-0.39, 0.29) is 12.4 Å². The Balaban J connectivity index is 1.50. The van der Waals surface area contributed by atoms with Gasteiger partial charge in [0.1, 0.15) is 18.1 Å². The van der Waals surface area contributed by atoms with Gasteiger partial charge in [-0.2, -0.15) is 0 Å². The SMILES string of the molecule is O=C(/C=C/c1ccccc1)OCc1cn(Cc2ccc(F)cc2)nn1. The van der Waals surface area contributed by atoms with Gasteiger partial charge in [-0.3, -0.25) is 0 Å². The van der Waals surface area contributed by atoms with E-state index in [0.29, 0.717) is 12.2 Å². The van der Waals surface area contributed by atoms with E-state index < -0.39 is 5.97 Å². The maximum atomic E-state index is 12.9. The molecule has 0 aliphatic carbocycles. The van der Waals surface area contributed by atoms with Gasteiger partial charge in [-0.15, -0.1) is 5.10 Å². The zero-order chi connectivity index (χ0) is 17.5. The Morgan fingerprint density at radius 1 is 1.12 bits per heavy atom. The molecule has 0 saturated carbocycles. The molecule has 126 valence electrons. The topological polar surface area (TPSA) is 57.0 Å². The van der Waals surface area contributed by atoms with E-state index >= 15 is 0 Å². The van der Waals surface area contributed by atoms with Crippen LogP contribution in [0.3, 0.4) is 0 Å². The summed E-state index contributed by atoms with van der Waals surface area (Å²) in [7, 11) is 0. The molecule has 0 spiro atoms. The quantitative estimate of drug-likeness (QED) is 0.512. The maximum absolute atomic E-state index is 12.9. The third-order valence-electron chi connectivity index (χ3n) is 3.42. The van der Waals surface area contributed by atoms with Crippen molar-refractivity contribution in [1.29, 1.82) is 0 Å². The molecule has 0 unspecified atom stereocenters. The van der Waals surface area contributed by atoms with Crippen molar-refractivity contribution in [2.75, 3.05) is 0 Å². The number of aromatic nitrogens is 3. The minimum absolute atomic E-state index is 0.0430. The van der Waals surface area contributed by atoms with Crippen LogP contribution in [-0.2, 0) is 22.7 Å². The van der Waals surface area contributed by atoms with Crippen molar-refractivity contribution in [3.05, 3.63) is 89.5 Å². The van der Waals surface area contributed by atoms with Gasteiger partial charge in [0.2, 0.25) is 0 Å². The molecule has 0 N–H and O–H groups in total. The van der Waals surface area contributed by atoms with Crippen molar-refractivity contribution in [3.8, 4) is 0 Å². The number of esters is 1. The summed E-state index contributed by atoms with van der Waals surface area (Å²) in [6.45, 7) is 0.510. The molecule has 1 aromatic heterocycles. The van der Waals surface area contributed by atoms with Gasteiger partial charge >= 0.3 is 5.97 Å². The molecule has 5 nitrogen and oxygen atoms in total. The highest BCUT2D eigenvalue weighted by Crippen LogP contribution is 2.06. The lowest BCUT2D eigenvalue weighted by Crippen LogP contribution is -2.01. The second kappa shape index (κ2) is 8.01. The summed E-state index contributed by atoms with van der Waals surface area (Å²) >= 11 is 0. The van der Waals surface area contributed by atoms with Crippen molar-refractivity contribution in [2.45, 2.75) is 13.2 Å². The average molecular weight is 337 g/mol. The van der Waals surface area contributed by atoms with Crippen LogP contribution in [-0.4, -0.2) is 21.0 Å². The number of hydrogen-bond donors (Lipinski definition) is 0. The minimum Gasteiger partial charge on any atom is -0.456 e. The van der Waals surface area contributed by atoms with E-state index in [9.17, 15) is 9.18 Å². The first-order valence-electron chi connectivity index (χ1n) is 7.72. The second-order valence-electron chi connectivity index (χ2n) is 5.39. The largest absolute Gasteiger partial charge is 0.456 e. The van der Waals surface area contributed by atoms with E-state index in [2.05, 4.69) is 10.3 Å². The molecule has 0 fully saturated rings. The van der Waals surface area contributed by atoms with Gasteiger partial charge in [0, 0.05) is 6.08 Å². The smallest absolute Gasteiger partial charge is 0.331 e. The first-order chi connectivity index (χ1) is 12.2. The predicted molar refractivity (Wildman–Crippen MR) is 90.8 cm³/mol. The van der Waals surface area contributed by atoms with E-state index in [1.54, 1.807) is 29.1 Å². The molecule has 0 aliphatic rings. The standard InChI is InChI=1S/C19H16FN3O2/c20-17-9-6-16(7-10-17)12-23-13-18(21-22-23)14-25-19(24)11-8-15-4-2-1-3-5-15/h1-11,13H,12,14H2/b11-8+. The number of carbonyl (C=O) groups excluding carboxylic acids is 1. The van der Waals surface area contributed by atoms with Crippen LogP contribution in [0, 0.1) is 5.82 Å². The van der Waals surface area contributed by atoms with Crippen LogP contribution >= 0.6 is 0 Å². The zero-order valence-electron chi connectivity index (χ0n) is 13.4. The number of benzene rings is 2. The van der Waals surface area contributed by atoms with E-state index in [4.69, 9.17) is 4.74 Å². The molecule has 0 amide bonds. The van der Waals surface area contributed by atoms with Crippen LogP contribution < -0.4 is 0 Å². The first kappa shape index (κ1) is 16.6. The van der Waals surface area contributed by atoms with Gasteiger partial charge < -0.3 is 4.74 Å². The van der Waals surface area contributed by atoms with Crippen molar-refractivity contribution in [1.82, 2.24) is 15.0 Å². The van der Waals surface area contributed by atoms with Gasteiger partial charge in [0.25, 0.3) is 0 Å². The summed E-state index contributed by atoms with van der Waals surface area (Å²) in [6, 6.07) is 15.6. The molecule has 0 saturated heterocycles. The monoisotopic (exact) mass is 337 g/mol. The van der Waals surface area contributed by atoms with E-state index in [1.807, 2.05) is 30.3 Å². The lowest BCUT2D eigenvalue weighted by atomic mass is 10.2. The molecule has 0 atom stereocenters. The third-order valence-corrected chi connectivity index (χ3v) is 3.42. The number of halogens is 1. The Labute approximate surface area is 144 Å². The highest BCUT2D eigenvalue weighted by Gasteiger charge is 2.05. The molecule has 0 bridgehead atoms. The molecule has 1 heterocycles. The molecule has 3 aromatic rings. The normalized spacial score (nSPS) is 10.9. The Morgan fingerprint density at radius 2 is 1.88 bits per heavy atom. The summed E-state index contributed by atoms with van der Waals surface area (Å²) in [5.74, 6) is -0.726. The molecule has 25 heavy (non-hydrogen) atoms. The van der Waals surface area contributed by atoms with Crippen LogP contribution in [0.5, 0.6) is 0 Å². The molecule has 0 radical (unpaired) electrons. The van der Waals surface area contributed by atoms with Gasteiger partial charge in [0.15, 0.2) is 0 Å².